The number of hydrogen-bond acceptors (Lipinski definition) is 6. The first-order valence-electron chi connectivity index (χ1n) is 15.5. The van der Waals surface area contributed by atoms with E-state index in [0.29, 0.717) is 33.9 Å². The van der Waals surface area contributed by atoms with Crippen LogP contribution < -0.4 is 15.4 Å². The summed E-state index contributed by atoms with van der Waals surface area (Å²) in [5, 5.41) is 21.2. The lowest BCUT2D eigenvalue weighted by Gasteiger charge is -2.22. The summed E-state index contributed by atoms with van der Waals surface area (Å²) in [6.07, 6.45) is 7.84. The minimum atomic E-state index is -0.637. The molecule has 12 heteroatoms. The van der Waals surface area contributed by atoms with E-state index < -0.39 is 6.10 Å². The van der Waals surface area contributed by atoms with Gasteiger partial charge in [-0.2, -0.15) is 0 Å². The normalized spacial score (nSPS) is 14.4. The molecule has 2 amide bonds. The van der Waals surface area contributed by atoms with Crippen molar-refractivity contribution in [3.8, 4) is 5.75 Å². The number of fused-ring (bicyclic) bond motifs is 1. The summed E-state index contributed by atoms with van der Waals surface area (Å²) in [5.74, 6) is 1.73. The summed E-state index contributed by atoms with van der Waals surface area (Å²) in [7, 11) is 0. The van der Waals surface area contributed by atoms with Gasteiger partial charge in [-0.3, -0.25) is 0 Å². The molecule has 1 atom stereocenters. The maximum atomic E-state index is 12.8. The van der Waals surface area contributed by atoms with E-state index in [1.165, 1.54) is 6.42 Å². The van der Waals surface area contributed by atoms with Crippen LogP contribution in [0.5, 0.6) is 5.75 Å². The Balaban J connectivity index is 1.26. The quantitative estimate of drug-likeness (QED) is 0.134. The number of carbonyl (C=O) groups excluding carboxylic acids is 1. The fourth-order valence-electron chi connectivity index (χ4n) is 5.86. The van der Waals surface area contributed by atoms with Crippen molar-refractivity contribution in [3.05, 3.63) is 93.5 Å². The van der Waals surface area contributed by atoms with Crippen molar-refractivity contribution in [1.29, 1.82) is 0 Å². The molecule has 2 heterocycles. The number of halogens is 2. The van der Waals surface area contributed by atoms with Gasteiger partial charge in [0.15, 0.2) is 17.7 Å². The molecule has 0 bridgehead atoms. The molecule has 0 radical (unpaired) electrons. The lowest BCUT2D eigenvalue weighted by Crippen LogP contribution is -2.39. The molecular weight excluding hydrogens is 611 g/mol. The number of aromatic nitrogens is 6. The van der Waals surface area contributed by atoms with E-state index in [9.17, 15) is 4.79 Å². The highest BCUT2D eigenvalue weighted by molar-refractivity contribution is 6.37. The smallest absolute Gasteiger partial charge is 0.319 e. The second kappa shape index (κ2) is 14.3. The number of ether oxygens (including phenoxy) is 1. The second-order valence-corrected chi connectivity index (χ2v) is 12.3. The molecule has 5 aromatic rings. The highest BCUT2D eigenvalue weighted by Crippen LogP contribution is 2.39. The zero-order valence-corrected chi connectivity index (χ0v) is 26.6. The number of urea groups is 1. The average molecular weight is 648 g/mol. The number of rotatable bonds is 11. The van der Waals surface area contributed by atoms with Crippen molar-refractivity contribution in [2.75, 3.05) is 5.32 Å². The number of carbonyl (C=O) groups is 1. The predicted octanol–water partition coefficient (Wildman–Crippen LogP) is 7.87. The Morgan fingerprint density at radius 1 is 1.07 bits per heavy atom. The van der Waals surface area contributed by atoms with Crippen LogP contribution in [0.2, 0.25) is 10.0 Å². The molecule has 6 rings (SSSR count). The lowest BCUT2D eigenvalue weighted by molar-refractivity contribution is 0.237. The lowest BCUT2D eigenvalue weighted by atomic mass is 9.96. The Labute approximate surface area is 271 Å². The first-order chi connectivity index (χ1) is 22.0. The third-order valence-corrected chi connectivity index (χ3v) is 8.69. The van der Waals surface area contributed by atoms with Crippen LogP contribution in [0.3, 0.4) is 0 Å². The maximum absolute atomic E-state index is 12.8. The minimum Gasteiger partial charge on any atom is -0.474 e. The van der Waals surface area contributed by atoms with Crippen molar-refractivity contribution in [2.45, 2.75) is 77.0 Å². The minimum absolute atomic E-state index is 0.178. The predicted molar refractivity (Wildman–Crippen MR) is 176 cm³/mol. The van der Waals surface area contributed by atoms with E-state index in [2.05, 4.69) is 42.7 Å². The van der Waals surface area contributed by atoms with Gasteiger partial charge in [0.2, 0.25) is 0 Å². The number of amides is 2. The third-order valence-electron chi connectivity index (χ3n) is 8.13. The number of tetrazole rings is 1. The van der Waals surface area contributed by atoms with Gasteiger partial charge < -0.3 is 19.9 Å². The zero-order valence-electron chi connectivity index (χ0n) is 25.1. The summed E-state index contributed by atoms with van der Waals surface area (Å²) in [5.41, 5.74) is 4.23. The van der Waals surface area contributed by atoms with Crippen LogP contribution >= 0.6 is 23.2 Å². The number of imidazole rings is 1. The van der Waals surface area contributed by atoms with E-state index in [0.717, 1.165) is 72.9 Å². The van der Waals surface area contributed by atoms with E-state index in [-0.39, 0.29) is 12.1 Å². The number of anilines is 1. The van der Waals surface area contributed by atoms with Crippen molar-refractivity contribution in [1.82, 2.24) is 35.5 Å². The summed E-state index contributed by atoms with van der Waals surface area (Å²) < 4.78 is 8.52. The summed E-state index contributed by atoms with van der Waals surface area (Å²) in [4.78, 5) is 17.7. The van der Waals surface area contributed by atoms with Crippen molar-refractivity contribution >= 4 is 46.0 Å². The molecule has 0 saturated heterocycles. The summed E-state index contributed by atoms with van der Waals surface area (Å²) >= 11 is 13.6. The standard InChI is InChI=1S/C33H36Cl2N8O2/c1-2-3-14-29-38-27-16-15-24(37-33(44)36-23-12-8-5-9-13-23)19-28(27)43(29)20-21-17-25(34)31(26(35)18-21)45-30(32-39-41-42-40-32)22-10-6-4-7-11-22/h4,6-7,10-11,15-19,23,30H,2-3,5,8-9,12-14,20H2,1H3,(H2,36,37,44)(H,39,40,41,42). The largest absolute Gasteiger partial charge is 0.474 e. The van der Waals surface area contributed by atoms with Gasteiger partial charge in [0.05, 0.1) is 21.1 Å². The van der Waals surface area contributed by atoms with Crippen LogP contribution in [-0.2, 0) is 13.0 Å². The second-order valence-electron chi connectivity index (χ2n) is 11.4. The number of aromatic amines is 1. The Morgan fingerprint density at radius 3 is 2.56 bits per heavy atom. The van der Waals surface area contributed by atoms with Gasteiger partial charge in [0.1, 0.15) is 5.82 Å². The Kier molecular flexibility index (Phi) is 9.81. The van der Waals surface area contributed by atoms with Crippen molar-refractivity contribution in [3.63, 3.8) is 0 Å². The summed E-state index contributed by atoms with van der Waals surface area (Å²) in [6.45, 7) is 2.65. The van der Waals surface area contributed by atoms with Crippen LogP contribution in [0.4, 0.5) is 10.5 Å². The number of unbranched alkanes of at least 4 members (excludes halogenated alkanes) is 1. The van der Waals surface area contributed by atoms with Crippen LogP contribution in [-0.4, -0.2) is 42.2 Å². The molecular formula is C33H36Cl2N8O2. The molecule has 1 aliphatic rings. The molecule has 1 unspecified atom stereocenters. The third kappa shape index (κ3) is 7.40. The number of H-pyrrole nitrogens is 1. The van der Waals surface area contributed by atoms with E-state index in [4.69, 9.17) is 32.9 Å². The van der Waals surface area contributed by atoms with Gasteiger partial charge in [-0.1, -0.05) is 86.1 Å². The van der Waals surface area contributed by atoms with E-state index in [1.807, 2.05) is 60.7 Å². The van der Waals surface area contributed by atoms with E-state index >= 15 is 0 Å². The molecule has 3 N–H and O–H groups in total. The number of nitrogens with zero attached hydrogens (tertiary/aromatic N) is 5. The molecule has 1 fully saturated rings. The summed E-state index contributed by atoms with van der Waals surface area (Å²) in [6, 6.07) is 19.2. The molecule has 0 spiro atoms. The van der Waals surface area contributed by atoms with Crippen LogP contribution in [0, 0.1) is 0 Å². The maximum Gasteiger partial charge on any atom is 0.319 e. The topological polar surface area (TPSA) is 123 Å². The SMILES string of the molecule is CCCCc1nc2ccc(NC(=O)NC3CCCCC3)cc2n1Cc1cc(Cl)c(OC(c2ccccc2)c2nnn[nH]2)c(Cl)c1. The van der Waals surface area contributed by atoms with Crippen LogP contribution in [0.15, 0.2) is 60.7 Å². The van der Waals surface area contributed by atoms with Crippen LogP contribution in [0.1, 0.15) is 80.7 Å². The highest BCUT2D eigenvalue weighted by Gasteiger charge is 2.24. The van der Waals surface area contributed by atoms with Gasteiger partial charge in [0, 0.05) is 30.3 Å². The Bertz CT molecular complexity index is 1710. The zero-order chi connectivity index (χ0) is 31.2. The molecule has 1 aliphatic carbocycles. The van der Waals surface area contributed by atoms with Crippen molar-refractivity contribution < 1.29 is 9.53 Å². The molecule has 3 aromatic carbocycles. The number of aryl methyl sites for hydroxylation is 1. The van der Waals surface area contributed by atoms with Gasteiger partial charge >= 0.3 is 6.03 Å². The number of hydrogen-bond donors (Lipinski definition) is 3. The molecule has 45 heavy (non-hydrogen) atoms. The average Bonchev–Trinajstić information content (AvgIpc) is 3.69. The number of nitrogens with one attached hydrogen (secondary N) is 3. The van der Waals surface area contributed by atoms with Crippen LogP contribution in [0.25, 0.3) is 11.0 Å². The first kappa shape index (κ1) is 30.9. The highest BCUT2D eigenvalue weighted by atomic mass is 35.5. The van der Waals surface area contributed by atoms with Gasteiger partial charge in [-0.15, -0.1) is 5.10 Å². The van der Waals surface area contributed by atoms with E-state index in [1.54, 1.807) is 0 Å². The molecule has 234 valence electrons. The first-order valence-corrected chi connectivity index (χ1v) is 16.2. The molecule has 0 aliphatic heterocycles. The number of benzene rings is 3. The van der Waals surface area contributed by atoms with Crippen molar-refractivity contribution in [2.24, 2.45) is 0 Å². The fourth-order valence-corrected chi connectivity index (χ4v) is 6.48. The van der Waals surface area contributed by atoms with Gasteiger partial charge in [0.25, 0.3) is 0 Å². The Morgan fingerprint density at radius 2 is 1.84 bits per heavy atom. The molecule has 1 saturated carbocycles. The monoisotopic (exact) mass is 646 g/mol. The molecule has 10 nitrogen and oxygen atoms in total. The van der Waals surface area contributed by atoms with Gasteiger partial charge in [-0.25, -0.2) is 14.9 Å². The Hall–Kier alpha value is -4.15. The fraction of sp³-hybridized carbons (Fsp3) is 0.364. The molecule has 2 aromatic heterocycles. The van der Waals surface area contributed by atoms with Gasteiger partial charge in [-0.05, 0) is 65.6 Å².